The molecule has 0 fully saturated rings. The molecule has 5 nitrogen and oxygen atoms in total. The zero-order chi connectivity index (χ0) is 17.8. The van der Waals surface area contributed by atoms with Crippen LogP contribution in [0.2, 0.25) is 0 Å². The van der Waals surface area contributed by atoms with E-state index in [1.807, 2.05) is 18.2 Å². The minimum atomic E-state index is 0.626. The number of anilines is 4. The van der Waals surface area contributed by atoms with Crippen LogP contribution in [0.3, 0.4) is 0 Å². The van der Waals surface area contributed by atoms with Crippen molar-refractivity contribution >= 4 is 23.0 Å². The molecule has 3 rings (SSSR count). The van der Waals surface area contributed by atoms with Gasteiger partial charge in [-0.05, 0) is 56.2 Å². The Balaban J connectivity index is 1.81. The average Bonchev–Trinajstić information content (AvgIpc) is 2.59. The molecule has 2 N–H and O–H groups in total. The topological polar surface area (TPSA) is 73.6 Å². The third kappa shape index (κ3) is 3.93. The van der Waals surface area contributed by atoms with Crippen molar-refractivity contribution in [2.75, 3.05) is 10.6 Å². The highest BCUT2D eigenvalue weighted by Gasteiger charge is 2.06. The van der Waals surface area contributed by atoms with Gasteiger partial charge >= 0.3 is 0 Å². The Hall–Kier alpha value is -3.39. The van der Waals surface area contributed by atoms with Crippen LogP contribution < -0.4 is 10.6 Å². The molecule has 124 valence electrons. The second kappa shape index (κ2) is 7.02. The molecule has 0 bridgehead atoms. The molecule has 1 heterocycles. The number of nitriles is 1. The van der Waals surface area contributed by atoms with Gasteiger partial charge < -0.3 is 10.6 Å². The van der Waals surface area contributed by atoms with Gasteiger partial charge in [0.15, 0.2) is 0 Å². The fourth-order valence-corrected chi connectivity index (χ4v) is 2.78. The van der Waals surface area contributed by atoms with Gasteiger partial charge in [-0.2, -0.15) is 5.26 Å². The normalized spacial score (nSPS) is 10.2. The maximum atomic E-state index is 8.86. The molecule has 0 atom stereocenters. The summed E-state index contributed by atoms with van der Waals surface area (Å²) in [5.74, 6) is 1.41. The van der Waals surface area contributed by atoms with Crippen LogP contribution in [0.15, 0.2) is 48.8 Å². The number of rotatable bonds is 4. The SMILES string of the molecule is Cc1cc(C)c(Nc2cc(Nc3ccc(C#N)cc3)ncn2)c(C)c1. The number of nitrogens with zero attached hydrogens (tertiary/aromatic N) is 3. The Bertz CT molecular complexity index is 916. The van der Waals surface area contributed by atoms with Gasteiger partial charge in [0, 0.05) is 17.4 Å². The molecule has 1 aromatic heterocycles. The van der Waals surface area contributed by atoms with Crippen LogP contribution in [0, 0.1) is 32.1 Å². The second-order valence-corrected chi connectivity index (χ2v) is 6.00. The maximum Gasteiger partial charge on any atom is 0.135 e. The Morgan fingerprint density at radius 1 is 0.840 bits per heavy atom. The fourth-order valence-electron chi connectivity index (χ4n) is 2.78. The number of aromatic nitrogens is 2. The van der Waals surface area contributed by atoms with E-state index in [-0.39, 0.29) is 0 Å². The summed E-state index contributed by atoms with van der Waals surface area (Å²) in [6.45, 7) is 6.26. The van der Waals surface area contributed by atoms with Crippen molar-refractivity contribution in [2.45, 2.75) is 20.8 Å². The van der Waals surface area contributed by atoms with Gasteiger partial charge in [0.2, 0.25) is 0 Å². The zero-order valence-corrected chi connectivity index (χ0v) is 14.5. The summed E-state index contributed by atoms with van der Waals surface area (Å²) < 4.78 is 0. The van der Waals surface area contributed by atoms with E-state index in [0.717, 1.165) is 17.2 Å². The quantitative estimate of drug-likeness (QED) is 0.722. The van der Waals surface area contributed by atoms with Gasteiger partial charge in [-0.3, -0.25) is 0 Å². The lowest BCUT2D eigenvalue weighted by Gasteiger charge is -2.14. The number of hydrogen-bond acceptors (Lipinski definition) is 5. The Kier molecular flexibility index (Phi) is 4.62. The number of aryl methyl sites for hydroxylation is 3. The van der Waals surface area contributed by atoms with Crippen LogP contribution in [0.5, 0.6) is 0 Å². The molecule has 25 heavy (non-hydrogen) atoms. The maximum absolute atomic E-state index is 8.86. The van der Waals surface area contributed by atoms with Gasteiger partial charge in [0.25, 0.3) is 0 Å². The van der Waals surface area contributed by atoms with Crippen LogP contribution in [0.25, 0.3) is 0 Å². The predicted octanol–water partition coefficient (Wildman–Crippen LogP) is 4.76. The van der Waals surface area contributed by atoms with Crippen LogP contribution >= 0.6 is 0 Å². The highest BCUT2D eigenvalue weighted by molar-refractivity contribution is 5.67. The van der Waals surface area contributed by atoms with Gasteiger partial charge in [0.05, 0.1) is 11.6 Å². The van der Waals surface area contributed by atoms with Gasteiger partial charge in [0.1, 0.15) is 18.0 Å². The zero-order valence-electron chi connectivity index (χ0n) is 14.5. The highest BCUT2D eigenvalue weighted by Crippen LogP contribution is 2.26. The third-order valence-corrected chi connectivity index (χ3v) is 3.88. The molecule has 0 spiro atoms. The standard InChI is InChI=1S/C20H19N5/c1-13-8-14(2)20(15(3)9-13)25-19-10-18(22-12-23-19)24-17-6-4-16(11-21)5-7-17/h4-10,12H,1-3H3,(H2,22,23,24,25). The summed E-state index contributed by atoms with van der Waals surface area (Å²) >= 11 is 0. The van der Waals surface area contributed by atoms with E-state index in [1.54, 1.807) is 12.1 Å². The lowest BCUT2D eigenvalue weighted by atomic mass is 10.1. The molecule has 2 aromatic carbocycles. The smallest absolute Gasteiger partial charge is 0.135 e. The first-order valence-corrected chi connectivity index (χ1v) is 7.99. The molecular formula is C20H19N5. The van der Waals surface area contributed by atoms with Crippen LogP contribution in [0.4, 0.5) is 23.0 Å². The molecule has 3 aromatic rings. The summed E-state index contributed by atoms with van der Waals surface area (Å²) in [4.78, 5) is 8.55. The van der Waals surface area contributed by atoms with E-state index in [9.17, 15) is 0 Å². The molecule has 0 aliphatic heterocycles. The molecule has 0 saturated carbocycles. The molecule has 0 aliphatic carbocycles. The minimum absolute atomic E-state index is 0.626. The van der Waals surface area contributed by atoms with Crippen molar-refractivity contribution in [3.8, 4) is 6.07 Å². The molecule has 5 heteroatoms. The van der Waals surface area contributed by atoms with Crippen LogP contribution in [0.1, 0.15) is 22.3 Å². The first-order chi connectivity index (χ1) is 12.0. The first-order valence-electron chi connectivity index (χ1n) is 7.99. The summed E-state index contributed by atoms with van der Waals surface area (Å²) in [5.41, 5.74) is 6.16. The summed E-state index contributed by atoms with van der Waals surface area (Å²) in [6.07, 6.45) is 1.52. The summed E-state index contributed by atoms with van der Waals surface area (Å²) in [6, 6.07) is 15.5. The van der Waals surface area contributed by atoms with E-state index in [0.29, 0.717) is 11.4 Å². The Morgan fingerprint density at radius 3 is 2.04 bits per heavy atom. The molecular weight excluding hydrogens is 310 g/mol. The van der Waals surface area contributed by atoms with Crippen molar-refractivity contribution in [1.82, 2.24) is 9.97 Å². The Morgan fingerprint density at radius 2 is 1.44 bits per heavy atom. The van der Waals surface area contributed by atoms with E-state index in [1.165, 1.54) is 23.0 Å². The molecule has 0 unspecified atom stereocenters. The van der Waals surface area contributed by atoms with Crippen molar-refractivity contribution in [3.63, 3.8) is 0 Å². The third-order valence-electron chi connectivity index (χ3n) is 3.88. The summed E-state index contributed by atoms with van der Waals surface area (Å²) in [7, 11) is 0. The number of benzene rings is 2. The van der Waals surface area contributed by atoms with Crippen molar-refractivity contribution in [1.29, 1.82) is 5.26 Å². The minimum Gasteiger partial charge on any atom is -0.340 e. The van der Waals surface area contributed by atoms with Crippen molar-refractivity contribution < 1.29 is 0 Å². The van der Waals surface area contributed by atoms with Crippen molar-refractivity contribution in [3.05, 3.63) is 71.0 Å². The van der Waals surface area contributed by atoms with Gasteiger partial charge in [-0.15, -0.1) is 0 Å². The molecule has 0 saturated heterocycles. The van der Waals surface area contributed by atoms with Crippen LogP contribution in [-0.4, -0.2) is 9.97 Å². The second-order valence-electron chi connectivity index (χ2n) is 6.00. The summed E-state index contributed by atoms with van der Waals surface area (Å²) in [5, 5.41) is 15.5. The molecule has 0 aliphatic rings. The van der Waals surface area contributed by atoms with E-state index >= 15 is 0 Å². The Labute approximate surface area is 147 Å². The molecule has 0 radical (unpaired) electrons. The lowest BCUT2D eigenvalue weighted by molar-refractivity contribution is 1.16. The van der Waals surface area contributed by atoms with E-state index in [4.69, 9.17) is 5.26 Å². The first kappa shape index (κ1) is 16.5. The average molecular weight is 329 g/mol. The van der Waals surface area contributed by atoms with E-state index < -0.39 is 0 Å². The number of hydrogen-bond donors (Lipinski definition) is 2. The van der Waals surface area contributed by atoms with Crippen molar-refractivity contribution in [2.24, 2.45) is 0 Å². The fraction of sp³-hybridized carbons (Fsp3) is 0.150. The van der Waals surface area contributed by atoms with Gasteiger partial charge in [-0.25, -0.2) is 9.97 Å². The van der Waals surface area contributed by atoms with Crippen LogP contribution in [-0.2, 0) is 0 Å². The van der Waals surface area contributed by atoms with Gasteiger partial charge in [-0.1, -0.05) is 17.7 Å². The monoisotopic (exact) mass is 329 g/mol. The predicted molar refractivity (Wildman–Crippen MR) is 100 cm³/mol. The van der Waals surface area contributed by atoms with E-state index in [2.05, 4.69) is 59.6 Å². The molecule has 0 amide bonds. The number of nitrogens with one attached hydrogen (secondary N) is 2. The lowest BCUT2D eigenvalue weighted by Crippen LogP contribution is -2.01. The largest absolute Gasteiger partial charge is 0.340 e. The highest BCUT2D eigenvalue weighted by atomic mass is 15.1.